The zero-order chi connectivity index (χ0) is 18.3. The minimum absolute atomic E-state index is 0.0155. The number of nitrogens with one attached hydrogen (secondary N) is 2. The number of rotatable bonds is 7. The Morgan fingerprint density at radius 2 is 2.04 bits per heavy atom. The van der Waals surface area contributed by atoms with Crippen molar-refractivity contribution < 1.29 is 8.42 Å². The Bertz CT molecular complexity index is 829. The van der Waals surface area contributed by atoms with Gasteiger partial charge in [-0.05, 0) is 38.0 Å². The quantitative estimate of drug-likeness (QED) is 0.582. The lowest BCUT2D eigenvalue weighted by atomic mass is 10.1. The van der Waals surface area contributed by atoms with Crippen molar-refractivity contribution in [1.82, 2.24) is 15.6 Å². The molecule has 2 N–H and O–H groups in total. The van der Waals surface area contributed by atoms with Gasteiger partial charge in [-0.1, -0.05) is 18.2 Å². The maximum Gasteiger partial charge on any atom is 0.191 e. The molecular weight excluding hydrogens is 336 g/mol. The van der Waals surface area contributed by atoms with Crippen LogP contribution in [0.2, 0.25) is 0 Å². The molecule has 0 radical (unpaired) electrons. The third kappa shape index (κ3) is 6.34. The van der Waals surface area contributed by atoms with Crippen molar-refractivity contribution in [2.24, 2.45) is 4.99 Å². The molecule has 0 spiro atoms. The van der Waals surface area contributed by atoms with Crippen LogP contribution in [-0.4, -0.2) is 44.0 Å². The van der Waals surface area contributed by atoms with E-state index in [9.17, 15) is 8.42 Å². The van der Waals surface area contributed by atoms with Crippen LogP contribution in [0, 0.1) is 0 Å². The van der Waals surface area contributed by atoms with Crippen LogP contribution in [0.25, 0.3) is 10.9 Å². The highest BCUT2D eigenvalue weighted by Gasteiger charge is 2.09. The predicted molar refractivity (Wildman–Crippen MR) is 103 cm³/mol. The molecule has 0 saturated carbocycles. The number of nitrogens with zero attached hydrogens (tertiary/aromatic N) is 2. The van der Waals surface area contributed by atoms with Crippen molar-refractivity contribution >= 4 is 26.7 Å². The number of aliphatic imine (C=N–C) groups is 1. The summed E-state index contributed by atoms with van der Waals surface area (Å²) in [5.41, 5.74) is 2.06. The van der Waals surface area contributed by atoms with Gasteiger partial charge < -0.3 is 10.6 Å². The summed E-state index contributed by atoms with van der Waals surface area (Å²) < 4.78 is 22.6. The van der Waals surface area contributed by atoms with E-state index in [2.05, 4.69) is 20.6 Å². The van der Waals surface area contributed by atoms with Crippen LogP contribution in [-0.2, 0) is 16.4 Å². The first-order chi connectivity index (χ1) is 11.9. The molecule has 7 heteroatoms. The molecule has 2 rings (SSSR count). The van der Waals surface area contributed by atoms with Gasteiger partial charge in [0.2, 0.25) is 0 Å². The summed E-state index contributed by atoms with van der Waals surface area (Å²) in [6.45, 7) is 5.22. The van der Waals surface area contributed by atoms with E-state index in [0.717, 1.165) is 23.0 Å². The van der Waals surface area contributed by atoms with Gasteiger partial charge in [0.05, 0.1) is 17.8 Å². The molecule has 1 aromatic carbocycles. The maximum absolute atomic E-state index is 11.3. The van der Waals surface area contributed by atoms with E-state index < -0.39 is 9.84 Å². The first-order valence-electron chi connectivity index (χ1n) is 8.44. The van der Waals surface area contributed by atoms with Gasteiger partial charge in [0.25, 0.3) is 0 Å². The second-order valence-corrected chi connectivity index (χ2v) is 8.41. The Hall–Kier alpha value is -2.15. The summed E-state index contributed by atoms with van der Waals surface area (Å²) in [5, 5.41) is 7.56. The molecule has 0 aliphatic heterocycles. The van der Waals surface area contributed by atoms with Crippen LogP contribution in [0.1, 0.15) is 25.8 Å². The lowest BCUT2D eigenvalue weighted by Crippen LogP contribution is -2.42. The summed E-state index contributed by atoms with van der Waals surface area (Å²) in [6, 6.07) is 9.98. The Kier molecular flexibility index (Phi) is 6.75. The molecular formula is C18H26N4O2S. The zero-order valence-electron chi connectivity index (χ0n) is 15.0. The van der Waals surface area contributed by atoms with Gasteiger partial charge in [0.15, 0.2) is 5.96 Å². The van der Waals surface area contributed by atoms with E-state index >= 15 is 0 Å². The largest absolute Gasteiger partial charge is 0.357 e. The summed E-state index contributed by atoms with van der Waals surface area (Å²) in [4.78, 5) is 9.00. The number of hydrogen-bond donors (Lipinski definition) is 2. The Balaban J connectivity index is 2.08. The predicted octanol–water partition coefficient (Wildman–Crippen LogP) is 2.11. The topological polar surface area (TPSA) is 83.4 Å². The number of aromatic nitrogens is 1. The van der Waals surface area contributed by atoms with E-state index in [0.29, 0.717) is 18.9 Å². The number of sulfone groups is 1. The molecule has 25 heavy (non-hydrogen) atoms. The van der Waals surface area contributed by atoms with Gasteiger partial charge in [-0.3, -0.25) is 4.98 Å². The molecule has 0 saturated heterocycles. The molecule has 6 nitrogen and oxygen atoms in total. The molecule has 1 aromatic heterocycles. The van der Waals surface area contributed by atoms with Crippen molar-refractivity contribution in [2.75, 3.05) is 18.6 Å². The number of pyridine rings is 1. The fourth-order valence-corrected chi connectivity index (χ4v) is 3.26. The average Bonchev–Trinajstić information content (AvgIpc) is 2.57. The summed E-state index contributed by atoms with van der Waals surface area (Å²) in [7, 11) is -2.95. The maximum atomic E-state index is 11.3. The minimum Gasteiger partial charge on any atom is -0.357 e. The molecule has 1 unspecified atom stereocenters. The third-order valence-corrected chi connectivity index (χ3v) is 4.77. The van der Waals surface area contributed by atoms with Gasteiger partial charge in [-0.15, -0.1) is 0 Å². The number of hydrogen-bond acceptors (Lipinski definition) is 4. The fourth-order valence-electron chi connectivity index (χ4n) is 2.47. The molecule has 1 atom stereocenters. The van der Waals surface area contributed by atoms with E-state index in [1.165, 1.54) is 6.26 Å². The number of fused-ring (bicyclic) bond motifs is 1. The van der Waals surface area contributed by atoms with Crippen molar-refractivity contribution in [2.45, 2.75) is 32.9 Å². The van der Waals surface area contributed by atoms with E-state index in [1.54, 1.807) is 6.20 Å². The monoisotopic (exact) mass is 362 g/mol. The summed E-state index contributed by atoms with van der Waals surface area (Å²) in [6.07, 6.45) is 3.59. The van der Waals surface area contributed by atoms with Gasteiger partial charge >= 0.3 is 0 Å². The van der Waals surface area contributed by atoms with Crippen molar-refractivity contribution in [3.05, 3.63) is 42.1 Å². The van der Waals surface area contributed by atoms with Crippen LogP contribution < -0.4 is 10.6 Å². The molecule has 0 amide bonds. The molecule has 1 heterocycles. The first kappa shape index (κ1) is 19.2. The SMILES string of the molecule is CCNC(=NCc1ccnc2ccccc12)NC(C)CCS(C)(=O)=O. The standard InChI is InChI=1S/C18H26N4O2S/c1-4-19-18(22-14(2)10-12-25(3,23)24)21-13-15-9-11-20-17-8-6-5-7-16(15)17/h5-9,11,14H,4,10,12-13H2,1-3H3,(H2,19,21,22). The Morgan fingerprint density at radius 1 is 1.28 bits per heavy atom. The van der Waals surface area contributed by atoms with E-state index in [4.69, 9.17) is 0 Å². The molecule has 0 aliphatic carbocycles. The van der Waals surface area contributed by atoms with Crippen LogP contribution in [0.3, 0.4) is 0 Å². The second kappa shape index (κ2) is 8.80. The molecule has 136 valence electrons. The molecule has 0 fully saturated rings. The highest BCUT2D eigenvalue weighted by atomic mass is 32.2. The second-order valence-electron chi connectivity index (χ2n) is 6.15. The van der Waals surface area contributed by atoms with E-state index in [-0.39, 0.29) is 11.8 Å². The number of para-hydroxylation sites is 1. The Labute approximate surface area is 149 Å². The number of guanidine groups is 1. The molecule has 2 aromatic rings. The lowest BCUT2D eigenvalue weighted by Gasteiger charge is -2.17. The van der Waals surface area contributed by atoms with Gasteiger partial charge in [0, 0.05) is 30.4 Å². The highest BCUT2D eigenvalue weighted by Crippen LogP contribution is 2.16. The van der Waals surface area contributed by atoms with Crippen molar-refractivity contribution in [3.8, 4) is 0 Å². The molecule has 0 bridgehead atoms. The minimum atomic E-state index is -2.95. The van der Waals surface area contributed by atoms with Gasteiger partial charge in [0.1, 0.15) is 9.84 Å². The van der Waals surface area contributed by atoms with Crippen LogP contribution in [0.4, 0.5) is 0 Å². The van der Waals surface area contributed by atoms with Crippen molar-refractivity contribution in [3.63, 3.8) is 0 Å². The zero-order valence-corrected chi connectivity index (χ0v) is 15.8. The van der Waals surface area contributed by atoms with Crippen LogP contribution in [0.5, 0.6) is 0 Å². The number of benzene rings is 1. The highest BCUT2D eigenvalue weighted by molar-refractivity contribution is 7.90. The normalized spacial score (nSPS) is 13.6. The van der Waals surface area contributed by atoms with E-state index in [1.807, 2.05) is 44.2 Å². The van der Waals surface area contributed by atoms with Crippen LogP contribution in [0.15, 0.2) is 41.5 Å². The third-order valence-electron chi connectivity index (χ3n) is 3.80. The van der Waals surface area contributed by atoms with Crippen LogP contribution >= 0.6 is 0 Å². The first-order valence-corrected chi connectivity index (χ1v) is 10.5. The summed E-state index contributed by atoms with van der Waals surface area (Å²) in [5.74, 6) is 0.847. The van der Waals surface area contributed by atoms with Gasteiger partial charge in [-0.2, -0.15) is 0 Å². The lowest BCUT2D eigenvalue weighted by molar-refractivity contribution is 0.581. The molecule has 0 aliphatic rings. The average molecular weight is 362 g/mol. The summed E-state index contributed by atoms with van der Waals surface area (Å²) >= 11 is 0. The Morgan fingerprint density at radius 3 is 2.76 bits per heavy atom. The van der Waals surface area contributed by atoms with Gasteiger partial charge in [-0.25, -0.2) is 13.4 Å². The van der Waals surface area contributed by atoms with Crippen molar-refractivity contribution in [1.29, 1.82) is 0 Å². The fraction of sp³-hybridized carbons (Fsp3) is 0.444. The smallest absolute Gasteiger partial charge is 0.191 e.